The molecule has 0 amide bonds. The van der Waals surface area contributed by atoms with E-state index in [1.54, 1.807) is 18.2 Å². The summed E-state index contributed by atoms with van der Waals surface area (Å²) >= 11 is 0. The number of para-hydroxylation sites is 2. The van der Waals surface area contributed by atoms with E-state index in [1.165, 1.54) is 0 Å². The molecule has 0 atom stereocenters. The molecule has 5 nitrogen and oxygen atoms in total. The standard InChI is InChI=1S/C18H9N5/c19-9-14(10-20)17(11-21)22-16-7-3-5-13-8-12-4-1-2-6-15(12)23-18(13)16/h1-8,22H. The van der Waals surface area contributed by atoms with Crippen LogP contribution in [0.4, 0.5) is 5.69 Å². The summed E-state index contributed by atoms with van der Waals surface area (Å²) in [5.74, 6) is 0. The van der Waals surface area contributed by atoms with Gasteiger partial charge in [0.25, 0.3) is 0 Å². The molecule has 23 heavy (non-hydrogen) atoms. The van der Waals surface area contributed by atoms with Crippen molar-refractivity contribution in [1.82, 2.24) is 4.98 Å². The van der Waals surface area contributed by atoms with Crippen molar-refractivity contribution in [3.8, 4) is 18.2 Å². The molecule has 0 spiro atoms. The fraction of sp³-hybridized carbons (Fsp3) is 0. The molecule has 0 bridgehead atoms. The molecular weight excluding hydrogens is 286 g/mol. The Labute approximate surface area is 132 Å². The van der Waals surface area contributed by atoms with Crippen LogP contribution in [0.25, 0.3) is 21.8 Å². The van der Waals surface area contributed by atoms with E-state index >= 15 is 0 Å². The zero-order chi connectivity index (χ0) is 16.2. The molecule has 0 aliphatic carbocycles. The van der Waals surface area contributed by atoms with Crippen molar-refractivity contribution in [3.05, 3.63) is 59.8 Å². The Bertz CT molecular complexity index is 1060. The average molecular weight is 295 g/mol. The number of anilines is 1. The first-order valence-electron chi connectivity index (χ1n) is 6.77. The molecule has 0 unspecified atom stereocenters. The van der Waals surface area contributed by atoms with Gasteiger partial charge in [-0.25, -0.2) is 4.98 Å². The van der Waals surface area contributed by atoms with Crippen LogP contribution in [-0.4, -0.2) is 4.98 Å². The van der Waals surface area contributed by atoms with Crippen molar-refractivity contribution in [1.29, 1.82) is 15.8 Å². The van der Waals surface area contributed by atoms with Crippen LogP contribution in [0.5, 0.6) is 0 Å². The average Bonchev–Trinajstić information content (AvgIpc) is 2.60. The number of fused-ring (bicyclic) bond motifs is 2. The normalized spacial score (nSPS) is 9.61. The number of nitrogens with zero attached hydrogens (tertiary/aromatic N) is 4. The van der Waals surface area contributed by atoms with Gasteiger partial charge in [0.15, 0.2) is 5.57 Å². The molecule has 1 N–H and O–H groups in total. The van der Waals surface area contributed by atoms with Crippen molar-refractivity contribution in [2.24, 2.45) is 0 Å². The minimum Gasteiger partial charge on any atom is -0.343 e. The largest absolute Gasteiger partial charge is 0.343 e. The highest BCUT2D eigenvalue weighted by Crippen LogP contribution is 2.26. The lowest BCUT2D eigenvalue weighted by Gasteiger charge is -2.09. The van der Waals surface area contributed by atoms with Crippen LogP contribution >= 0.6 is 0 Å². The lowest BCUT2D eigenvalue weighted by Crippen LogP contribution is -2.01. The summed E-state index contributed by atoms with van der Waals surface area (Å²) in [6.45, 7) is 0. The molecule has 0 saturated carbocycles. The first kappa shape index (κ1) is 14.1. The van der Waals surface area contributed by atoms with Crippen LogP contribution in [0.15, 0.2) is 59.8 Å². The summed E-state index contributed by atoms with van der Waals surface area (Å²) in [6.07, 6.45) is 0. The molecule has 0 aliphatic heterocycles. The highest BCUT2D eigenvalue weighted by molar-refractivity contribution is 5.98. The first-order valence-corrected chi connectivity index (χ1v) is 6.77. The molecule has 0 saturated heterocycles. The quantitative estimate of drug-likeness (QED) is 0.575. The molecule has 106 valence electrons. The minimum atomic E-state index is -0.259. The Morgan fingerprint density at radius 3 is 2.35 bits per heavy atom. The monoisotopic (exact) mass is 295 g/mol. The van der Waals surface area contributed by atoms with Gasteiger partial charge in [-0.05, 0) is 18.2 Å². The predicted molar refractivity (Wildman–Crippen MR) is 86.7 cm³/mol. The third-order valence-corrected chi connectivity index (χ3v) is 3.39. The highest BCUT2D eigenvalue weighted by atomic mass is 14.9. The number of aromatic nitrogens is 1. The fourth-order valence-electron chi connectivity index (χ4n) is 2.32. The summed E-state index contributed by atoms with van der Waals surface area (Å²) in [6, 6.07) is 20.5. The van der Waals surface area contributed by atoms with Gasteiger partial charge >= 0.3 is 0 Å². The van der Waals surface area contributed by atoms with Crippen molar-refractivity contribution in [3.63, 3.8) is 0 Å². The van der Waals surface area contributed by atoms with E-state index in [9.17, 15) is 5.26 Å². The summed E-state index contributed by atoms with van der Waals surface area (Å²) < 4.78 is 0. The second kappa shape index (κ2) is 5.85. The minimum absolute atomic E-state index is 0.0857. The van der Waals surface area contributed by atoms with E-state index < -0.39 is 0 Å². The SMILES string of the molecule is N#CC(C#N)=C(C#N)Nc1cccc2cc3ccccc3nc12. The van der Waals surface area contributed by atoms with Crippen LogP contribution in [0, 0.1) is 34.0 Å². The molecule has 3 rings (SSSR count). The van der Waals surface area contributed by atoms with Crippen molar-refractivity contribution in [2.45, 2.75) is 0 Å². The maximum absolute atomic E-state index is 9.17. The summed E-state index contributed by atoms with van der Waals surface area (Å²) in [4.78, 5) is 4.62. The highest BCUT2D eigenvalue weighted by Gasteiger charge is 2.10. The molecule has 1 heterocycles. The summed E-state index contributed by atoms with van der Waals surface area (Å²) in [5, 5.41) is 31.8. The van der Waals surface area contributed by atoms with E-state index in [0.29, 0.717) is 11.2 Å². The zero-order valence-electron chi connectivity index (χ0n) is 11.9. The van der Waals surface area contributed by atoms with Crippen LogP contribution in [-0.2, 0) is 0 Å². The zero-order valence-corrected chi connectivity index (χ0v) is 11.9. The van der Waals surface area contributed by atoms with Crippen LogP contribution < -0.4 is 5.32 Å². The van der Waals surface area contributed by atoms with Gasteiger partial charge in [-0.2, -0.15) is 15.8 Å². The second-order valence-electron chi connectivity index (χ2n) is 4.77. The van der Waals surface area contributed by atoms with E-state index in [4.69, 9.17) is 10.5 Å². The van der Waals surface area contributed by atoms with Gasteiger partial charge in [0.05, 0.1) is 16.7 Å². The van der Waals surface area contributed by atoms with Crippen LogP contribution in [0.1, 0.15) is 0 Å². The molecule has 0 aliphatic rings. The van der Waals surface area contributed by atoms with Crippen molar-refractivity contribution < 1.29 is 0 Å². The van der Waals surface area contributed by atoms with Gasteiger partial charge in [0.2, 0.25) is 0 Å². The first-order chi connectivity index (χ1) is 11.3. The van der Waals surface area contributed by atoms with Gasteiger partial charge in [0, 0.05) is 10.8 Å². The smallest absolute Gasteiger partial charge is 0.163 e. The molecule has 5 heteroatoms. The molecule has 0 fully saturated rings. The van der Waals surface area contributed by atoms with Gasteiger partial charge in [-0.15, -0.1) is 0 Å². The molecule has 1 aromatic heterocycles. The fourth-order valence-corrected chi connectivity index (χ4v) is 2.32. The second-order valence-corrected chi connectivity index (χ2v) is 4.77. The van der Waals surface area contributed by atoms with Crippen molar-refractivity contribution in [2.75, 3.05) is 5.32 Å². The maximum atomic E-state index is 9.17. The van der Waals surface area contributed by atoms with Gasteiger partial charge < -0.3 is 5.32 Å². The van der Waals surface area contributed by atoms with E-state index in [0.717, 1.165) is 16.3 Å². The molecule has 0 radical (unpaired) electrons. The Kier molecular flexibility index (Phi) is 3.58. The van der Waals surface area contributed by atoms with Crippen LogP contribution in [0.3, 0.4) is 0 Å². The lowest BCUT2D eigenvalue weighted by molar-refractivity contribution is 1.37. The van der Waals surface area contributed by atoms with E-state index in [1.807, 2.05) is 48.5 Å². The van der Waals surface area contributed by atoms with Crippen LogP contribution in [0.2, 0.25) is 0 Å². The Hall–Kier alpha value is -3.88. The number of hydrogen-bond acceptors (Lipinski definition) is 5. The number of rotatable bonds is 2. The third-order valence-electron chi connectivity index (χ3n) is 3.39. The number of nitrogens with one attached hydrogen (secondary N) is 1. The molecular formula is C18H9N5. The van der Waals surface area contributed by atoms with Gasteiger partial charge in [0.1, 0.15) is 23.9 Å². The number of nitriles is 3. The summed E-state index contributed by atoms with van der Waals surface area (Å²) in [5.41, 5.74) is 1.74. The Morgan fingerprint density at radius 1 is 0.870 bits per heavy atom. The number of allylic oxidation sites excluding steroid dienone is 2. The van der Waals surface area contributed by atoms with E-state index in [-0.39, 0.29) is 11.3 Å². The number of hydrogen-bond donors (Lipinski definition) is 1. The van der Waals surface area contributed by atoms with Crippen molar-refractivity contribution >= 4 is 27.5 Å². The van der Waals surface area contributed by atoms with E-state index in [2.05, 4.69) is 10.3 Å². The number of benzene rings is 2. The Morgan fingerprint density at radius 2 is 1.61 bits per heavy atom. The van der Waals surface area contributed by atoms with Gasteiger partial charge in [-0.1, -0.05) is 30.3 Å². The number of pyridine rings is 1. The predicted octanol–water partition coefficient (Wildman–Crippen LogP) is 3.62. The maximum Gasteiger partial charge on any atom is 0.163 e. The topological polar surface area (TPSA) is 96.3 Å². The summed E-state index contributed by atoms with van der Waals surface area (Å²) in [7, 11) is 0. The third kappa shape index (κ3) is 2.53. The lowest BCUT2D eigenvalue weighted by atomic mass is 10.1. The Balaban J connectivity index is 2.21. The molecule has 3 aromatic rings. The van der Waals surface area contributed by atoms with Gasteiger partial charge in [-0.3, -0.25) is 0 Å². The molecule has 2 aromatic carbocycles.